The van der Waals surface area contributed by atoms with Gasteiger partial charge in [0.25, 0.3) is 11.8 Å². The first kappa shape index (κ1) is 19.5. The lowest BCUT2D eigenvalue weighted by Crippen LogP contribution is -2.55. The molecular weight excluding hydrogens is 332 g/mol. The Bertz CT molecular complexity index is 754. The second-order valence-corrected chi connectivity index (χ2v) is 6.70. The first-order valence-electron chi connectivity index (χ1n) is 8.25. The third-order valence-electron chi connectivity index (χ3n) is 3.55. The number of methoxy groups -OCH3 is 1. The van der Waals surface area contributed by atoms with Crippen LogP contribution in [0.25, 0.3) is 0 Å². The SMILES string of the molecule is COCOc1cccc(C(=O)N(NC(=O)c2ccccc2)C(C)(C)C)c1. The number of nitrogens with zero attached hydrogens (tertiary/aromatic N) is 1. The molecule has 0 fully saturated rings. The number of nitrogens with one attached hydrogen (secondary N) is 1. The number of hydrazine groups is 1. The zero-order valence-corrected chi connectivity index (χ0v) is 15.5. The predicted molar refractivity (Wildman–Crippen MR) is 98.8 cm³/mol. The Morgan fingerprint density at radius 2 is 1.65 bits per heavy atom. The van der Waals surface area contributed by atoms with Crippen LogP contribution in [0.15, 0.2) is 54.6 Å². The van der Waals surface area contributed by atoms with Crippen LogP contribution in [0.2, 0.25) is 0 Å². The van der Waals surface area contributed by atoms with Crippen LogP contribution in [0, 0.1) is 0 Å². The summed E-state index contributed by atoms with van der Waals surface area (Å²) >= 11 is 0. The zero-order valence-electron chi connectivity index (χ0n) is 15.5. The standard InChI is InChI=1S/C20H24N2O4/c1-20(2,3)22(21-18(23)15-9-6-5-7-10-15)19(24)16-11-8-12-17(13-16)26-14-25-4/h5-13H,14H2,1-4H3,(H,21,23). The number of ether oxygens (including phenoxy) is 2. The van der Waals surface area contributed by atoms with E-state index in [-0.39, 0.29) is 18.6 Å². The molecule has 0 saturated heterocycles. The first-order chi connectivity index (χ1) is 12.3. The van der Waals surface area contributed by atoms with Crippen molar-refractivity contribution in [3.05, 3.63) is 65.7 Å². The summed E-state index contributed by atoms with van der Waals surface area (Å²) in [6.07, 6.45) is 0. The molecule has 6 nitrogen and oxygen atoms in total. The van der Waals surface area contributed by atoms with E-state index < -0.39 is 5.54 Å². The molecule has 2 rings (SSSR count). The Morgan fingerprint density at radius 1 is 1.00 bits per heavy atom. The monoisotopic (exact) mass is 356 g/mol. The molecule has 6 heteroatoms. The van der Waals surface area contributed by atoms with E-state index in [0.717, 1.165) is 0 Å². The van der Waals surface area contributed by atoms with Crippen LogP contribution in [0.1, 0.15) is 41.5 Å². The molecule has 0 atom stereocenters. The highest BCUT2D eigenvalue weighted by atomic mass is 16.7. The van der Waals surface area contributed by atoms with E-state index in [9.17, 15) is 9.59 Å². The minimum absolute atomic E-state index is 0.0887. The predicted octanol–water partition coefficient (Wildman–Crippen LogP) is 3.26. The van der Waals surface area contributed by atoms with Crippen molar-refractivity contribution >= 4 is 11.8 Å². The third kappa shape index (κ3) is 5.07. The smallest absolute Gasteiger partial charge is 0.272 e. The van der Waals surface area contributed by atoms with Crippen molar-refractivity contribution in [3.8, 4) is 5.75 Å². The summed E-state index contributed by atoms with van der Waals surface area (Å²) in [6.45, 7) is 5.63. The van der Waals surface area contributed by atoms with Crippen LogP contribution < -0.4 is 10.2 Å². The molecule has 1 N–H and O–H groups in total. The van der Waals surface area contributed by atoms with Crippen molar-refractivity contribution < 1.29 is 19.1 Å². The molecule has 0 unspecified atom stereocenters. The quantitative estimate of drug-likeness (QED) is 0.660. The highest BCUT2D eigenvalue weighted by molar-refractivity contribution is 5.99. The molecule has 0 aliphatic heterocycles. The average molecular weight is 356 g/mol. The van der Waals surface area contributed by atoms with Gasteiger partial charge in [-0.1, -0.05) is 24.3 Å². The molecule has 138 valence electrons. The molecule has 26 heavy (non-hydrogen) atoms. The van der Waals surface area contributed by atoms with E-state index in [4.69, 9.17) is 9.47 Å². The molecule has 0 bridgehead atoms. The number of amides is 2. The Hall–Kier alpha value is -2.86. The first-order valence-corrected chi connectivity index (χ1v) is 8.25. The average Bonchev–Trinajstić information content (AvgIpc) is 2.63. The molecule has 0 heterocycles. The van der Waals surface area contributed by atoms with Gasteiger partial charge in [-0.15, -0.1) is 0 Å². The van der Waals surface area contributed by atoms with Crippen molar-refractivity contribution in [3.63, 3.8) is 0 Å². The van der Waals surface area contributed by atoms with E-state index in [1.807, 2.05) is 26.8 Å². The number of carbonyl (C=O) groups excluding carboxylic acids is 2. The van der Waals surface area contributed by atoms with E-state index in [1.165, 1.54) is 12.1 Å². The lowest BCUT2D eigenvalue weighted by atomic mass is 10.1. The van der Waals surface area contributed by atoms with E-state index in [1.54, 1.807) is 48.5 Å². The normalized spacial score (nSPS) is 10.9. The Balaban J connectivity index is 2.24. The molecule has 0 aromatic heterocycles. The largest absolute Gasteiger partial charge is 0.468 e. The summed E-state index contributed by atoms with van der Waals surface area (Å²) < 4.78 is 10.3. The molecule has 2 aromatic carbocycles. The van der Waals surface area contributed by atoms with E-state index >= 15 is 0 Å². The Morgan fingerprint density at radius 3 is 2.27 bits per heavy atom. The molecule has 0 aliphatic carbocycles. The fourth-order valence-corrected chi connectivity index (χ4v) is 2.25. The van der Waals surface area contributed by atoms with Crippen LogP contribution in [-0.4, -0.2) is 36.3 Å². The maximum absolute atomic E-state index is 13.0. The summed E-state index contributed by atoms with van der Waals surface area (Å²) in [5, 5.41) is 1.33. The third-order valence-corrected chi connectivity index (χ3v) is 3.55. The van der Waals surface area contributed by atoms with Gasteiger partial charge in [-0.2, -0.15) is 0 Å². The van der Waals surface area contributed by atoms with Gasteiger partial charge in [-0.3, -0.25) is 15.0 Å². The van der Waals surface area contributed by atoms with Crippen LogP contribution in [0.4, 0.5) is 0 Å². The highest BCUT2D eigenvalue weighted by Gasteiger charge is 2.29. The van der Waals surface area contributed by atoms with Gasteiger partial charge < -0.3 is 9.47 Å². The van der Waals surface area contributed by atoms with Crippen molar-refractivity contribution in [1.29, 1.82) is 0 Å². The fraction of sp³-hybridized carbons (Fsp3) is 0.300. The molecule has 0 aliphatic rings. The number of rotatable bonds is 5. The summed E-state index contributed by atoms with van der Waals surface area (Å²) in [5.74, 6) is -0.161. The lowest BCUT2D eigenvalue weighted by molar-refractivity contribution is 0.0355. The van der Waals surface area contributed by atoms with Gasteiger partial charge in [-0.05, 0) is 51.1 Å². The van der Waals surface area contributed by atoms with Crippen LogP contribution in [-0.2, 0) is 4.74 Å². The van der Waals surface area contributed by atoms with Gasteiger partial charge >= 0.3 is 0 Å². The maximum atomic E-state index is 13.0. The Kier molecular flexibility index (Phi) is 6.36. The Labute approximate surface area is 153 Å². The molecule has 2 aromatic rings. The number of hydrogen-bond acceptors (Lipinski definition) is 4. The summed E-state index contributed by atoms with van der Waals surface area (Å²) in [4.78, 5) is 25.5. The second-order valence-electron chi connectivity index (χ2n) is 6.70. The lowest BCUT2D eigenvalue weighted by Gasteiger charge is -2.35. The van der Waals surface area contributed by atoms with Crippen molar-refractivity contribution in [2.45, 2.75) is 26.3 Å². The van der Waals surface area contributed by atoms with E-state index in [2.05, 4.69) is 5.43 Å². The van der Waals surface area contributed by atoms with Crippen LogP contribution in [0.5, 0.6) is 5.75 Å². The maximum Gasteiger partial charge on any atom is 0.272 e. The van der Waals surface area contributed by atoms with Crippen LogP contribution >= 0.6 is 0 Å². The summed E-state index contributed by atoms with van der Waals surface area (Å²) in [6, 6.07) is 15.5. The summed E-state index contributed by atoms with van der Waals surface area (Å²) in [5.41, 5.74) is 2.98. The van der Waals surface area contributed by atoms with Crippen molar-refractivity contribution in [2.75, 3.05) is 13.9 Å². The number of benzene rings is 2. The van der Waals surface area contributed by atoms with Gasteiger partial charge in [0.05, 0.1) is 5.54 Å². The molecule has 0 saturated carbocycles. The topological polar surface area (TPSA) is 67.9 Å². The molecule has 2 amide bonds. The van der Waals surface area contributed by atoms with Gasteiger partial charge in [0.15, 0.2) is 6.79 Å². The van der Waals surface area contributed by atoms with Crippen molar-refractivity contribution in [1.82, 2.24) is 10.4 Å². The van der Waals surface area contributed by atoms with Crippen LogP contribution in [0.3, 0.4) is 0 Å². The number of hydrogen-bond donors (Lipinski definition) is 1. The summed E-state index contributed by atoms with van der Waals surface area (Å²) in [7, 11) is 1.52. The van der Waals surface area contributed by atoms with E-state index in [0.29, 0.717) is 16.9 Å². The highest BCUT2D eigenvalue weighted by Crippen LogP contribution is 2.19. The molecule has 0 spiro atoms. The van der Waals surface area contributed by atoms with Gasteiger partial charge in [0, 0.05) is 18.2 Å². The zero-order chi connectivity index (χ0) is 19.2. The van der Waals surface area contributed by atoms with Gasteiger partial charge in [0.2, 0.25) is 0 Å². The fourth-order valence-electron chi connectivity index (χ4n) is 2.25. The second kappa shape index (κ2) is 8.49. The van der Waals surface area contributed by atoms with Gasteiger partial charge in [0.1, 0.15) is 5.75 Å². The minimum Gasteiger partial charge on any atom is -0.468 e. The van der Waals surface area contributed by atoms with Gasteiger partial charge in [-0.25, -0.2) is 5.01 Å². The minimum atomic E-state index is -0.620. The molecular formula is C20H24N2O4. The molecule has 0 radical (unpaired) electrons. The van der Waals surface area contributed by atoms with Crippen molar-refractivity contribution in [2.24, 2.45) is 0 Å². The number of carbonyl (C=O) groups is 2.